The molecule has 10 nitrogen and oxygen atoms in total. The average Bonchev–Trinajstić information content (AvgIpc) is 3.58. The minimum atomic E-state index is -0.960. The van der Waals surface area contributed by atoms with Crippen LogP contribution < -0.4 is 15.0 Å². The molecule has 0 saturated carbocycles. The molecule has 2 unspecified atom stereocenters. The predicted octanol–water partition coefficient (Wildman–Crippen LogP) is 2.04. The van der Waals surface area contributed by atoms with Gasteiger partial charge in [0.15, 0.2) is 0 Å². The number of aliphatic hydroxyl groups is 2. The second-order valence-corrected chi connectivity index (χ2v) is 9.44. The zero-order valence-corrected chi connectivity index (χ0v) is 20.3. The van der Waals surface area contributed by atoms with Gasteiger partial charge in [-0.25, -0.2) is 0 Å². The molecule has 1 amide bonds. The first kappa shape index (κ1) is 25.4. The molecule has 192 valence electrons. The van der Waals surface area contributed by atoms with Crippen molar-refractivity contribution in [2.24, 2.45) is 5.92 Å². The molecule has 2 aliphatic heterocycles. The molecule has 0 radical (unpaired) electrons. The van der Waals surface area contributed by atoms with Crippen LogP contribution in [0.4, 0.5) is 5.95 Å². The van der Waals surface area contributed by atoms with Crippen molar-refractivity contribution in [3.63, 3.8) is 0 Å². The van der Waals surface area contributed by atoms with Crippen LogP contribution >= 0.6 is 0 Å². The van der Waals surface area contributed by atoms with Crippen LogP contribution in [0.3, 0.4) is 0 Å². The van der Waals surface area contributed by atoms with E-state index in [0.29, 0.717) is 36.5 Å². The Morgan fingerprint density at radius 1 is 1.31 bits per heavy atom. The standard InChI is InChI=1S/C25H36N4O6/c1-17-13-21(4-5-22(17)23(32)26-14-20(31)15-30)34-11-2-3-18-6-9-29(10-7-18)25-27-24(35-28-25)19-8-12-33-16-19/h4-5,13,18-20,30-31H,2-3,6-12,14-16H2,1H3,(H,26,32). The SMILES string of the molecule is Cc1cc(OCCCC2CCN(c3noc(C4CCOC4)n3)CC2)ccc1C(=O)NCC(O)CO. The Hall–Kier alpha value is -2.69. The number of hydrogen-bond donors (Lipinski definition) is 3. The number of amides is 1. The molecule has 1 aromatic heterocycles. The molecule has 0 spiro atoms. The van der Waals surface area contributed by atoms with Crippen LogP contribution in [0.2, 0.25) is 0 Å². The predicted molar refractivity (Wildman–Crippen MR) is 129 cm³/mol. The number of carbonyl (C=O) groups is 1. The Bertz CT molecular complexity index is 953. The first-order chi connectivity index (χ1) is 17.0. The summed E-state index contributed by atoms with van der Waals surface area (Å²) in [4.78, 5) is 19.0. The maximum Gasteiger partial charge on any atom is 0.266 e. The molecule has 2 aromatic rings. The summed E-state index contributed by atoms with van der Waals surface area (Å²) in [5, 5.41) is 25.0. The van der Waals surface area contributed by atoms with E-state index < -0.39 is 6.10 Å². The molecule has 2 atom stereocenters. The van der Waals surface area contributed by atoms with Crippen molar-refractivity contribution >= 4 is 11.9 Å². The summed E-state index contributed by atoms with van der Waals surface area (Å²) >= 11 is 0. The summed E-state index contributed by atoms with van der Waals surface area (Å²) in [6.45, 7) is 5.41. The molecule has 1 aromatic carbocycles. The van der Waals surface area contributed by atoms with Gasteiger partial charge in [0, 0.05) is 31.8 Å². The minimum Gasteiger partial charge on any atom is -0.494 e. The van der Waals surface area contributed by atoms with Crippen LogP contribution in [0.15, 0.2) is 22.7 Å². The number of nitrogens with zero attached hydrogens (tertiary/aromatic N) is 3. The number of nitrogens with one attached hydrogen (secondary N) is 1. The second-order valence-electron chi connectivity index (χ2n) is 9.44. The first-order valence-corrected chi connectivity index (χ1v) is 12.5. The van der Waals surface area contributed by atoms with Crippen molar-refractivity contribution in [1.82, 2.24) is 15.5 Å². The quantitative estimate of drug-likeness (QED) is 0.407. The van der Waals surface area contributed by atoms with Gasteiger partial charge in [0.25, 0.3) is 11.9 Å². The molecule has 4 rings (SSSR count). The van der Waals surface area contributed by atoms with E-state index >= 15 is 0 Å². The van der Waals surface area contributed by atoms with Crippen LogP contribution in [-0.4, -0.2) is 78.4 Å². The van der Waals surface area contributed by atoms with Gasteiger partial charge in [-0.2, -0.15) is 4.98 Å². The minimum absolute atomic E-state index is 0.0119. The summed E-state index contributed by atoms with van der Waals surface area (Å²) in [6.07, 6.45) is 4.27. The third kappa shape index (κ3) is 6.93. The molecule has 2 saturated heterocycles. The fourth-order valence-electron chi connectivity index (χ4n) is 4.59. The van der Waals surface area contributed by atoms with Crippen LogP contribution in [0.1, 0.15) is 59.8 Å². The number of hydrogen-bond acceptors (Lipinski definition) is 9. The Kier molecular flexibility index (Phi) is 8.95. The third-order valence-corrected chi connectivity index (χ3v) is 6.78. The highest BCUT2D eigenvalue weighted by molar-refractivity contribution is 5.95. The Labute approximate surface area is 205 Å². The summed E-state index contributed by atoms with van der Waals surface area (Å²) < 4.78 is 16.8. The number of aromatic nitrogens is 2. The van der Waals surface area contributed by atoms with Gasteiger partial charge in [-0.3, -0.25) is 4.79 Å². The Balaban J connectivity index is 1.14. The first-order valence-electron chi connectivity index (χ1n) is 12.5. The van der Waals surface area contributed by atoms with Gasteiger partial charge in [0.2, 0.25) is 5.89 Å². The van der Waals surface area contributed by atoms with E-state index in [2.05, 4.69) is 20.4 Å². The van der Waals surface area contributed by atoms with E-state index in [0.717, 1.165) is 63.1 Å². The van der Waals surface area contributed by atoms with Crippen molar-refractivity contribution in [2.75, 3.05) is 51.0 Å². The lowest BCUT2D eigenvalue weighted by Crippen LogP contribution is -2.34. The van der Waals surface area contributed by atoms with E-state index in [1.54, 1.807) is 12.1 Å². The fraction of sp³-hybridized carbons (Fsp3) is 0.640. The van der Waals surface area contributed by atoms with E-state index in [1.165, 1.54) is 0 Å². The fourth-order valence-corrected chi connectivity index (χ4v) is 4.59. The van der Waals surface area contributed by atoms with E-state index in [4.69, 9.17) is 19.1 Å². The van der Waals surface area contributed by atoms with E-state index in [1.807, 2.05) is 13.0 Å². The topological polar surface area (TPSA) is 130 Å². The van der Waals surface area contributed by atoms with Crippen molar-refractivity contribution in [2.45, 2.75) is 51.0 Å². The smallest absolute Gasteiger partial charge is 0.266 e. The molecular formula is C25H36N4O6. The van der Waals surface area contributed by atoms with Gasteiger partial charge < -0.3 is 34.4 Å². The zero-order chi connectivity index (χ0) is 24.6. The number of rotatable bonds is 11. The number of carbonyl (C=O) groups excluding carboxylic acids is 1. The van der Waals surface area contributed by atoms with Crippen molar-refractivity contribution in [1.29, 1.82) is 0 Å². The molecular weight excluding hydrogens is 452 g/mol. The molecule has 0 bridgehead atoms. The zero-order valence-electron chi connectivity index (χ0n) is 20.3. The normalized spacial score (nSPS) is 19.6. The number of anilines is 1. The van der Waals surface area contributed by atoms with Crippen molar-refractivity contribution in [3.8, 4) is 5.75 Å². The lowest BCUT2D eigenvalue weighted by molar-refractivity contribution is 0.0801. The highest BCUT2D eigenvalue weighted by Gasteiger charge is 2.27. The van der Waals surface area contributed by atoms with Gasteiger partial charge in [-0.05, 0) is 73.9 Å². The van der Waals surface area contributed by atoms with Crippen molar-refractivity contribution < 1.29 is 29.0 Å². The van der Waals surface area contributed by atoms with Gasteiger partial charge in [0.1, 0.15) is 5.75 Å². The van der Waals surface area contributed by atoms with Gasteiger partial charge in [-0.15, -0.1) is 0 Å². The molecule has 3 N–H and O–H groups in total. The van der Waals surface area contributed by atoms with Gasteiger partial charge in [-0.1, -0.05) is 0 Å². The molecule has 35 heavy (non-hydrogen) atoms. The maximum absolute atomic E-state index is 12.2. The number of benzene rings is 1. The van der Waals surface area contributed by atoms with Crippen molar-refractivity contribution in [3.05, 3.63) is 35.2 Å². The molecule has 10 heteroatoms. The largest absolute Gasteiger partial charge is 0.494 e. The summed E-state index contributed by atoms with van der Waals surface area (Å²) in [5.74, 6) is 2.75. The number of ether oxygens (including phenoxy) is 2. The molecule has 2 aliphatic rings. The molecule has 0 aliphatic carbocycles. The average molecular weight is 489 g/mol. The summed E-state index contributed by atoms with van der Waals surface area (Å²) in [6, 6.07) is 5.37. The number of aliphatic hydroxyl groups excluding tert-OH is 2. The van der Waals surface area contributed by atoms with Crippen LogP contribution in [0.25, 0.3) is 0 Å². The van der Waals surface area contributed by atoms with Gasteiger partial charge in [0.05, 0.1) is 31.8 Å². The van der Waals surface area contributed by atoms with E-state index in [-0.39, 0.29) is 25.0 Å². The van der Waals surface area contributed by atoms with Gasteiger partial charge >= 0.3 is 0 Å². The van der Waals surface area contributed by atoms with Crippen LogP contribution in [0.5, 0.6) is 5.75 Å². The van der Waals surface area contributed by atoms with Crippen LogP contribution in [-0.2, 0) is 4.74 Å². The monoisotopic (exact) mass is 488 g/mol. The van der Waals surface area contributed by atoms with Crippen LogP contribution in [0, 0.1) is 12.8 Å². The Morgan fingerprint density at radius 2 is 2.14 bits per heavy atom. The summed E-state index contributed by atoms with van der Waals surface area (Å²) in [7, 11) is 0. The van der Waals surface area contributed by atoms with E-state index in [9.17, 15) is 9.90 Å². The maximum atomic E-state index is 12.2. The molecule has 3 heterocycles. The highest BCUT2D eigenvalue weighted by atomic mass is 16.5. The Morgan fingerprint density at radius 3 is 2.86 bits per heavy atom. The lowest BCUT2D eigenvalue weighted by atomic mass is 9.92. The number of aryl methyl sites for hydroxylation is 1. The number of piperidine rings is 1. The third-order valence-electron chi connectivity index (χ3n) is 6.78. The summed E-state index contributed by atoms with van der Waals surface area (Å²) in [5.41, 5.74) is 1.33. The highest BCUT2D eigenvalue weighted by Crippen LogP contribution is 2.28. The molecule has 2 fully saturated rings. The second kappa shape index (κ2) is 12.3. The lowest BCUT2D eigenvalue weighted by Gasteiger charge is -2.30.